The van der Waals surface area contributed by atoms with Crippen LogP contribution >= 0.6 is 0 Å². The van der Waals surface area contributed by atoms with E-state index < -0.39 is 0 Å². The first-order valence-electron chi connectivity index (χ1n) is 3.40. The van der Waals surface area contributed by atoms with Gasteiger partial charge in [-0.2, -0.15) is 0 Å². The van der Waals surface area contributed by atoms with Gasteiger partial charge in [-0.3, -0.25) is 0 Å². The van der Waals surface area contributed by atoms with Gasteiger partial charge in [-0.25, -0.2) is 0 Å². The summed E-state index contributed by atoms with van der Waals surface area (Å²) in [5.74, 6) is 0. The van der Waals surface area contributed by atoms with Gasteiger partial charge in [-0.1, -0.05) is 48.5 Å². The molecule has 2 aromatic rings. The van der Waals surface area contributed by atoms with Crippen molar-refractivity contribution in [3.05, 3.63) is 48.5 Å². The normalized spacial score (nSPS) is 9.09. The smallest absolute Gasteiger partial charge is 0.0184 e. The molecule has 0 spiro atoms. The van der Waals surface area contributed by atoms with Gasteiger partial charge in [0.25, 0.3) is 0 Å². The fraction of sp³-hybridized carbons (Fsp3) is 0. The van der Waals surface area contributed by atoms with Gasteiger partial charge in [0.1, 0.15) is 0 Å². The summed E-state index contributed by atoms with van der Waals surface area (Å²) in [5, 5.41) is 2.62. The van der Waals surface area contributed by atoms with Crippen molar-refractivity contribution in [2.75, 3.05) is 0 Å². The van der Waals surface area contributed by atoms with E-state index in [4.69, 9.17) is 0 Å². The van der Waals surface area contributed by atoms with Crippen LogP contribution in [0, 0.1) is 0 Å². The molecule has 0 saturated heterocycles. The van der Waals surface area contributed by atoms with Gasteiger partial charge in [0, 0.05) is 0 Å². The zero-order chi connectivity index (χ0) is 6.81. The molecule has 0 saturated carbocycles. The molecule has 0 nitrogen and oxygen atoms in total. The summed E-state index contributed by atoms with van der Waals surface area (Å²) in [5.41, 5.74) is 0. The molecule has 0 aliphatic carbocycles. The van der Waals surface area contributed by atoms with Crippen LogP contribution in [0.5, 0.6) is 0 Å². The Bertz CT molecular complexity index is 276. The molecular formula is C10H10Ca. The molecule has 0 aromatic heterocycles. The van der Waals surface area contributed by atoms with E-state index >= 15 is 0 Å². The van der Waals surface area contributed by atoms with Crippen molar-refractivity contribution in [3.63, 3.8) is 0 Å². The Morgan fingerprint density at radius 2 is 0.818 bits per heavy atom. The molecule has 0 aliphatic heterocycles. The minimum Gasteiger partial charge on any atom is -0.0616 e. The Balaban J connectivity index is 0.000000605. The first-order valence-corrected chi connectivity index (χ1v) is 3.40. The van der Waals surface area contributed by atoms with Crippen LogP contribution in [0.25, 0.3) is 10.8 Å². The molecule has 11 heavy (non-hydrogen) atoms. The fourth-order valence-electron chi connectivity index (χ4n) is 1.13. The summed E-state index contributed by atoms with van der Waals surface area (Å²) in [7, 11) is 0. The molecule has 0 fully saturated rings. The summed E-state index contributed by atoms with van der Waals surface area (Å²) in [6.45, 7) is 0. The predicted molar refractivity (Wildman–Crippen MR) is 52.5 cm³/mol. The summed E-state index contributed by atoms with van der Waals surface area (Å²) in [4.78, 5) is 0. The van der Waals surface area contributed by atoms with E-state index in [1.54, 1.807) is 0 Å². The van der Waals surface area contributed by atoms with Crippen LogP contribution in [0.2, 0.25) is 0 Å². The van der Waals surface area contributed by atoms with Gasteiger partial charge in [0.2, 0.25) is 0 Å². The molecule has 0 radical (unpaired) electrons. The average molecular weight is 170 g/mol. The van der Waals surface area contributed by atoms with Gasteiger partial charge >= 0.3 is 37.7 Å². The molecule has 0 amide bonds. The fourth-order valence-corrected chi connectivity index (χ4v) is 1.13. The largest absolute Gasteiger partial charge is 0.0616 e. The van der Waals surface area contributed by atoms with Gasteiger partial charge in [-0.15, -0.1) is 0 Å². The van der Waals surface area contributed by atoms with Crippen molar-refractivity contribution in [2.45, 2.75) is 0 Å². The molecule has 0 heterocycles. The predicted octanol–water partition coefficient (Wildman–Crippen LogP) is 1.92. The van der Waals surface area contributed by atoms with E-state index in [1.807, 2.05) is 0 Å². The minimum absolute atomic E-state index is 0. The third-order valence-corrected chi connectivity index (χ3v) is 1.66. The van der Waals surface area contributed by atoms with Gasteiger partial charge in [-0.05, 0) is 10.8 Å². The van der Waals surface area contributed by atoms with Crippen molar-refractivity contribution in [2.24, 2.45) is 0 Å². The monoisotopic (exact) mass is 170 g/mol. The van der Waals surface area contributed by atoms with Crippen molar-refractivity contribution in [1.29, 1.82) is 0 Å². The Kier molecular flexibility index (Phi) is 3.38. The number of hydrogen-bond donors (Lipinski definition) is 0. The third-order valence-electron chi connectivity index (χ3n) is 1.66. The van der Waals surface area contributed by atoms with Crippen LogP contribution in [0.3, 0.4) is 0 Å². The molecule has 0 N–H and O–H groups in total. The summed E-state index contributed by atoms with van der Waals surface area (Å²) < 4.78 is 0. The van der Waals surface area contributed by atoms with E-state index in [0.29, 0.717) is 0 Å². The summed E-state index contributed by atoms with van der Waals surface area (Å²) >= 11 is 0. The molecule has 0 aliphatic rings. The van der Waals surface area contributed by atoms with Crippen molar-refractivity contribution < 1.29 is 0 Å². The maximum absolute atomic E-state index is 2.12. The standard InChI is InChI=1S/C10H8.Ca.2H/c1-2-6-10-8-4-3-7-9(10)5-1;;;/h1-8H;;;. The molecule has 1 heteroatoms. The zero-order valence-corrected chi connectivity index (χ0v) is 5.62. The van der Waals surface area contributed by atoms with Crippen LogP contribution in [-0.2, 0) is 0 Å². The molecular weight excluding hydrogens is 160 g/mol. The van der Waals surface area contributed by atoms with E-state index in [1.165, 1.54) is 10.8 Å². The maximum atomic E-state index is 2.12. The zero-order valence-electron chi connectivity index (χ0n) is 5.62. The van der Waals surface area contributed by atoms with Crippen LogP contribution in [0.1, 0.15) is 0 Å². The van der Waals surface area contributed by atoms with E-state index in [-0.39, 0.29) is 37.7 Å². The molecule has 2 rings (SSSR count). The van der Waals surface area contributed by atoms with Gasteiger partial charge in [0.15, 0.2) is 0 Å². The molecule has 0 bridgehead atoms. The number of rotatable bonds is 0. The third kappa shape index (κ3) is 1.96. The Hall–Kier alpha value is -0.0403. The van der Waals surface area contributed by atoms with Crippen LogP contribution < -0.4 is 0 Å². The number of fused-ring (bicyclic) bond motifs is 1. The molecule has 52 valence electrons. The van der Waals surface area contributed by atoms with Gasteiger partial charge < -0.3 is 0 Å². The van der Waals surface area contributed by atoms with Crippen LogP contribution in [0.15, 0.2) is 48.5 Å². The quantitative estimate of drug-likeness (QED) is 0.530. The minimum atomic E-state index is 0. The second-order valence-electron chi connectivity index (χ2n) is 2.35. The Morgan fingerprint density at radius 1 is 0.545 bits per heavy atom. The van der Waals surface area contributed by atoms with Crippen LogP contribution in [0.4, 0.5) is 0 Å². The van der Waals surface area contributed by atoms with Crippen molar-refractivity contribution >= 4 is 48.5 Å². The van der Waals surface area contributed by atoms with Crippen molar-refractivity contribution in [3.8, 4) is 0 Å². The second-order valence-corrected chi connectivity index (χ2v) is 2.35. The first kappa shape index (κ1) is 9.05. The Labute approximate surface area is 96.2 Å². The summed E-state index contributed by atoms with van der Waals surface area (Å²) in [6.07, 6.45) is 0. The molecule has 2 aromatic carbocycles. The number of hydrogen-bond acceptors (Lipinski definition) is 0. The topological polar surface area (TPSA) is 0 Å². The summed E-state index contributed by atoms with van der Waals surface area (Å²) in [6, 6.07) is 16.7. The molecule has 0 unspecified atom stereocenters. The SMILES string of the molecule is [CaH2].c1ccc2ccccc2c1. The maximum Gasteiger partial charge on any atom is -0.0184 e. The second kappa shape index (κ2) is 4.10. The van der Waals surface area contributed by atoms with E-state index in [2.05, 4.69) is 48.5 Å². The van der Waals surface area contributed by atoms with E-state index in [0.717, 1.165) is 0 Å². The Morgan fingerprint density at radius 3 is 1.09 bits per heavy atom. The van der Waals surface area contributed by atoms with Crippen molar-refractivity contribution in [1.82, 2.24) is 0 Å². The molecule has 0 atom stereocenters. The number of benzene rings is 2. The van der Waals surface area contributed by atoms with Gasteiger partial charge in [0.05, 0.1) is 0 Å². The van der Waals surface area contributed by atoms with E-state index in [9.17, 15) is 0 Å². The average Bonchev–Trinajstić information content (AvgIpc) is 2.05. The first-order chi connectivity index (χ1) is 4.97. The van der Waals surface area contributed by atoms with Crippen LogP contribution in [-0.4, -0.2) is 37.7 Å².